The van der Waals surface area contributed by atoms with Crippen molar-refractivity contribution in [2.24, 2.45) is 0 Å². The van der Waals surface area contributed by atoms with Crippen molar-refractivity contribution in [1.29, 1.82) is 0 Å². The zero-order chi connectivity index (χ0) is 12.6. The minimum atomic E-state index is -4.61. The molecular formula is C10H13F3O3. The fourth-order valence-electron chi connectivity index (χ4n) is 0.753. The number of hydrogen-bond acceptors (Lipinski definition) is 3. The Morgan fingerprint density at radius 1 is 1.25 bits per heavy atom. The van der Waals surface area contributed by atoms with Crippen molar-refractivity contribution in [3.8, 4) is 0 Å². The molecule has 16 heavy (non-hydrogen) atoms. The van der Waals surface area contributed by atoms with Gasteiger partial charge in [-0.15, -0.1) is 0 Å². The molecule has 0 unspecified atom stereocenters. The van der Waals surface area contributed by atoms with Crippen molar-refractivity contribution >= 4 is 5.97 Å². The second-order valence-corrected chi connectivity index (χ2v) is 2.61. The number of carbonyl (C=O) groups excluding carboxylic acids is 1. The van der Waals surface area contributed by atoms with Crippen LogP contribution < -0.4 is 0 Å². The highest BCUT2D eigenvalue weighted by Crippen LogP contribution is 2.26. The lowest BCUT2D eigenvalue weighted by Gasteiger charge is -2.07. The summed E-state index contributed by atoms with van der Waals surface area (Å²) in [6, 6.07) is 0. The molecule has 0 N–H and O–H groups in total. The standard InChI is InChI=1S/C10H13F3O3/c1-3-15-6-5-8(10(11,12)13)7-9(14)16-4-2/h5-7H,3-4H2,1-2H3/b6-5+,8-7-. The molecule has 0 radical (unpaired) electrons. The lowest BCUT2D eigenvalue weighted by atomic mass is 10.2. The topological polar surface area (TPSA) is 35.5 Å². The summed E-state index contributed by atoms with van der Waals surface area (Å²) in [5, 5.41) is 0. The van der Waals surface area contributed by atoms with E-state index in [-0.39, 0.29) is 13.2 Å². The molecule has 0 aliphatic carbocycles. The van der Waals surface area contributed by atoms with Crippen LogP contribution in [0.15, 0.2) is 24.0 Å². The maximum absolute atomic E-state index is 12.4. The van der Waals surface area contributed by atoms with Crippen molar-refractivity contribution in [3.05, 3.63) is 24.0 Å². The zero-order valence-electron chi connectivity index (χ0n) is 9.00. The van der Waals surface area contributed by atoms with Crippen molar-refractivity contribution in [2.45, 2.75) is 20.0 Å². The third-order valence-electron chi connectivity index (χ3n) is 1.40. The van der Waals surface area contributed by atoms with E-state index in [2.05, 4.69) is 9.47 Å². The van der Waals surface area contributed by atoms with Crippen molar-refractivity contribution in [1.82, 2.24) is 0 Å². The van der Waals surface area contributed by atoms with E-state index in [9.17, 15) is 18.0 Å². The molecule has 0 saturated heterocycles. The molecule has 0 fully saturated rings. The summed E-state index contributed by atoms with van der Waals surface area (Å²) in [6.45, 7) is 3.42. The van der Waals surface area contributed by atoms with Crippen molar-refractivity contribution < 1.29 is 27.4 Å². The van der Waals surface area contributed by atoms with Crippen LogP contribution in [0.1, 0.15) is 13.8 Å². The van der Waals surface area contributed by atoms with Crippen LogP contribution >= 0.6 is 0 Å². The summed E-state index contributed by atoms with van der Waals surface area (Å²) in [6.07, 6.45) is -2.65. The normalized spacial score (nSPS) is 12.9. The van der Waals surface area contributed by atoms with Crippen molar-refractivity contribution in [3.63, 3.8) is 0 Å². The highest BCUT2D eigenvalue weighted by molar-refractivity contribution is 5.83. The van der Waals surface area contributed by atoms with Gasteiger partial charge in [-0.1, -0.05) is 0 Å². The van der Waals surface area contributed by atoms with E-state index in [0.29, 0.717) is 12.2 Å². The number of halogens is 3. The Balaban J connectivity index is 4.74. The molecule has 3 nitrogen and oxygen atoms in total. The molecule has 0 spiro atoms. The number of ether oxygens (including phenoxy) is 2. The molecule has 0 amide bonds. The lowest BCUT2D eigenvalue weighted by molar-refractivity contribution is -0.138. The molecule has 0 aromatic rings. The van der Waals surface area contributed by atoms with Crippen LogP contribution in [0.3, 0.4) is 0 Å². The number of rotatable bonds is 5. The Morgan fingerprint density at radius 2 is 1.88 bits per heavy atom. The number of hydrogen-bond donors (Lipinski definition) is 0. The molecular weight excluding hydrogens is 225 g/mol. The van der Waals surface area contributed by atoms with Crippen LogP contribution in [0.4, 0.5) is 13.2 Å². The van der Waals surface area contributed by atoms with E-state index >= 15 is 0 Å². The van der Waals surface area contributed by atoms with E-state index in [1.54, 1.807) is 6.92 Å². The van der Waals surface area contributed by atoms with E-state index in [0.717, 1.165) is 6.26 Å². The number of carbonyl (C=O) groups is 1. The van der Waals surface area contributed by atoms with Crippen LogP contribution in [-0.4, -0.2) is 25.4 Å². The highest BCUT2D eigenvalue weighted by atomic mass is 19.4. The summed E-state index contributed by atoms with van der Waals surface area (Å²) in [5.41, 5.74) is -1.11. The maximum atomic E-state index is 12.4. The maximum Gasteiger partial charge on any atom is 0.416 e. The van der Waals surface area contributed by atoms with Gasteiger partial charge in [0.15, 0.2) is 0 Å². The molecule has 0 saturated carbocycles. The Kier molecular flexibility index (Phi) is 6.29. The Morgan fingerprint density at radius 3 is 2.31 bits per heavy atom. The second-order valence-electron chi connectivity index (χ2n) is 2.61. The molecule has 0 bridgehead atoms. The molecule has 6 heteroatoms. The molecule has 0 heterocycles. The number of esters is 1. The van der Waals surface area contributed by atoms with Gasteiger partial charge in [-0.25, -0.2) is 4.79 Å². The van der Waals surface area contributed by atoms with Gasteiger partial charge in [0.1, 0.15) is 0 Å². The molecule has 0 aliphatic rings. The second kappa shape index (κ2) is 6.92. The van der Waals surface area contributed by atoms with Gasteiger partial charge in [0, 0.05) is 6.08 Å². The number of alkyl halides is 3. The molecule has 0 aromatic carbocycles. The van der Waals surface area contributed by atoms with Gasteiger partial charge in [0.2, 0.25) is 0 Å². The summed E-state index contributed by atoms with van der Waals surface area (Å²) in [7, 11) is 0. The van der Waals surface area contributed by atoms with Crippen LogP contribution in [0.5, 0.6) is 0 Å². The average Bonchev–Trinajstić information content (AvgIpc) is 2.15. The number of allylic oxidation sites excluding steroid dienone is 2. The predicted molar refractivity (Wildman–Crippen MR) is 51.5 cm³/mol. The lowest BCUT2D eigenvalue weighted by Crippen LogP contribution is -2.13. The highest BCUT2D eigenvalue weighted by Gasteiger charge is 2.32. The third-order valence-corrected chi connectivity index (χ3v) is 1.40. The van der Waals surface area contributed by atoms with Gasteiger partial charge in [0.05, 0.1) is 25.0 Å². The van der Waals surface area contributed by atoms with Crippen molar-refractivity contribution in [2.75, 3.05) is 13.2 Å². The third kappa shape index (κ3) is 6.10. The first-order chi connectivity index (χ1) is 7.41. The van der Waals surface area contributed by atoms with E-state index in [1.807, 2.05) is 0 Å². The fourth-order valence-corrected chi connectivity index (χ4v) is 0.753. The first-order valence-electron chi connectivity index (χ1n) is 4.65. The smallest absolute Gasteiger partial charge is 0.416 e. The molecule has 0 rings (SSSR count). The van der Waals surface area contributed by atoms with Crippen LogP contribution in [-0.2, 0) is 14.3 Å². The summed E-state index contributed by atoms with van der Waals surface area (Å²) in [4.78, 5) is 10.9. The van der Waals surface area contributed by atoms with Crippen LogP contribution in [0, 0.1) is 0 Å². The SMILES string of the molecule is CCO/C=C/C(=C/C(=O)OCC)C(F)(F)F. The largest absolute Gasteiger partial charge is 0.501 e. The van der Waals surface area contributed by atoms with Gasteiger partial charge in [-0.2, -0.15) is 13.2 Å². The van der Waals surface area contributed by atoms with Gasteiger partial charge >= 0.3 is 12.1 Å². The van der Waals surface area contributed by atoms with E-state index in [4.69, 9.17) is 0 Å². The summed E-state index contributed by atoms with van der Waals surface area (Å²) >= 11 is 0. The fraction of sp³-hybridized carbons (Fsp3) is 0.500. The van der Waals surface area contributed by atoms with E-state index in [1.165, 1.54) is 6.92 Å². The van der Waals surface area contributed by atoms with Crippen LogP contribution in [0.2, 0.25) is 0 Å². The Bertz CT molecular complexity index is 280. The molecule has 0 aliphatic heterocycles. The Labute approximate surface area is 91.5 Å². The summed E-state index contributed by atoms with van der Waals surface area (Å²) in [5.74, 6) is -1.03. The van der Waals surface area contributed by atoms with E-state index < -0.39 is 17.7 Å². The molecule has 92 valence electrons. The van der Waals surface area contributed by atoms with Gasteiger partial charge in [-0.05, 0) is 19.9 Å². The van der Waals surface area contributed by atoms with Crippen LogP contribution in [0.25, 0.3) is 0 Å². The molecule has 0 atom stereocenters. The average molecular weight is 238 g/mol. The quantitative estimate of drug-likeness (QED) is 0.319. The van der Waals surface area contributed by atoms with Gasteiger partial charge < -0.3 is 9.47 Å². The predicted octanol–water partition coefficient (Wildman–Crippen LogP) is 2.59. The first-order valence-corrected chi connectivity index (χ1v) is 4.65. The zero-order valence-corrected chi connectivity index (χ0v) is 9.00. The van der Waals surface area contributed by atoms with Gasteiger partial charge in [-0.3, -0.25) is 0 Å². The minimum absolute atomic E-state index is 0.0235. The molecule has 0 aromatic heterocycles. The monoisotopic (exact) mass is 238 g/mol. The minimum Gasteiger partial charge on any atom is -0.501 e. The van der Waals surface area contributed by atoms with Gasteiger partial charge in [0.25, 0.3) is 0 Å². The Hall–Kier alpha value is -1.46. The first kappa shape index (κ1) is 14.5. The summed E-state index contributed by atoms with van der Waals surface area (Å²) < 4.78 is 46.1.